The van der Waals surface area contributed by atoms with Gasteiger partial charge < -0.3 is 0 Å². The third-order valence-corrected chi connectivity index (χ3v) is 19.7. The molecule has 0 aromatic carbocycles. The van der Waals surface area contributed by atoms with Gasteiger partial charge in [0.05, 0.1) is 0 Å². The van der Waals surface area contributed by atoms with E-state index in [1.807, 2.05) is 49.6 Å². The Labute approximate surface area is 149 Å². The molecule has 25 heavy (non-hydrogen) atoms. The molecule has 0 fully saturated rings. The number of rotatable bonds is 4. The maximum absolute atomic E-state index is 4.24. The molecule has 0 amide bonds. The summed E-state index contributed by atoms with van der Waals surface area (Å²) in [6, 6.07) is 17.2. The molecule has 0 radical (unpaired) electrons. The van der Waals surface area contributed by atoms with E-state index in [1.165, 1.54) is 16.6 Å². The molecule has 0 atom stereocenters. The molecule has 0 bridgehead atoms. The summed E-state index contributed by atoms with van der Waals surface area (Å²) < 4.78 is 5.40. The van der Waals surface area contributed by atoms with E-state index in [1.54, 1.807) is 0 Å². The number of nitrogens with zero attached hydrogens (tertiary/aromatic N) is 4. The van der Waals surface area contributed by atoms with E-state index in [9.17, 15) is 0 Å². The van der Waals surface area contributed by atoms with Gasteiger partial charge in [0.25, 0.3) is 0 Å². The van der Waals surface area contributed by atoms with Gasteiger partial charge in [-0.05, 0) is 0 Å². The third-order valence-electron chi connectivity index (χ3n) is 5.45. The minimum absolute atomic E-state index is 1.35. The number of hydrogen-bond donors (Lipinski definition) is 0. The number of aromatic nitrogens is 4. The average Bonchev–Trinajstić information content (AvgIpc) is 2.72. The SMILES string of the molecule is c1c[c]([Zn]([c]2ccncc2)([c]2ccncc2)[c]2ccncc2)ccn1. The summed E-state index contributed by atoms with van der Waals surface area (Å²) in [5.74, 6) is 0. The molecule has 4 aromatic rings. The predicted molar refractivity (Wildman–Crippen MR) is 95.5 cm³/mol. The summed E-state index contributed by atoms with van der Waals surface area (Å²) in [6.45, 7) is 0. The van der Waals surface area contributed by atoms with Crippen LogP contribution in [-0.2, 0) is 14.8 Å². The van der Waals surface area contributed by atoms with Crippen LogP contribution in [0, 0.1) is 0 Å². The second-order valence-electron chi connectivity index (χ2n) is 6.48. The van der Waals surface area contributed by atoms with E-state index in [-0.39, 0.29) is 0 Å². The summed E-state index contributed by atoms with van der Waals surface area (Å²) in [6.07, 6.45) is 15.1. The molecule has 4 heterocycles. The molecule has 0 saturated heterocycles. The Morgan fingerprint density at radius 1 is 0.360 bits per heavy atom. The maximum atomic E-state index is 4.24. The van der Waals surface area contributed by atoms with Crippen molar-refractivity contribution in [3.8, 4) is 0 Å². The fourth-order valence-electron chi connectivity index (χ4n) is 4.36. The van der Waals surface area contributed by atoms with E-state index in [0.717, 1.165) is 0 Å². The molecule has 118 valence electrons. The molecule has 0 unspecified atom stereocenters. The van der Waals surface area contributed by atoms with Crippen LogP contribution in [0.25, 0.3) is 0 Å². The van der Waals surface area contributed by atoms with Crippen molar-refractivity contribution in [2.75, 3.05) is 0 Å². The molecule has 4 nitrogen and oxygen atoms in total. The van der Waals surface area contributed by atoms with Crippen LogP contribution >= 0.6 is 0 Å². The van der Waals surface area contributed by atoms with Gasteiger partial charge in [0, 0.05) is 0 Å². The van der Waals surface area contributed by atoms with Gasteiger partial charge in [-0.1, -0.05) is 0 Å². The van der Waals surface area contributed by atoms with Crippen LogP contribution in [0.4, 0.5) is 0 Å². The summed E-state index contributed by atoms with van der Waals surface area (Å²) >= 11 is -3.59. The van der Waals surface area contributed by atoms with Gasteiger partial charge in [-0.3, -0.25) is 0 Å². The van der Waals surface area contributed by atoms with Crippen LogP contribution in [0.3, 0.4) is 0 Å². The Bertz CT molecular complexity index is 769. The standard InChI is InChI=1S/4C5H4N.Zn/c4*1-2-4-6-5-3-1;/h4*2-5H;. The molecule has 0 saturated carbocycles. The fourth-order valence-corrected chi connectivity index (χ4v) is 18.0. The first-order chi connectivity index (χ1) is 12.4. The Hall–Kier alpha value is -2.78. The van der Waals surface area contributed by atoms with E-state index < -0.39 is 14.8 Å². The van der Waals surface area contributed by atoms with Crippen molar-refractivity contribution in [2.45, 2.75) is 0 Å². The molecule has 4 aromatic heterocycles. The Balaban J connectivity index is 2.13. The van der Waals surface area contributed by atoms with Crippen LogP contribution in [0.1, 0.15) is 0 Å². The molecule has 0 spiro atoms. The van der Waals surface area contributed by atoms with Crippen molar-refractivity contribution in [1.82, 2.24) is 19.9 Å². The molecule has 0 aliphatic heterocycles. The van der Waals surface area contributed by atoms with Crippen molar-refractivity contribution in [1.29, 1.82) is 0 Å². The minimum atomic E-state index is -3.59. The monoisotopic (exact) mass is 376 g/mol. The summed E-state index contributed by atoms with van der Waals surface area (Å²) in [4.78, 5) is 17.0. The van der Waals surface area contributed by atoms with Crippen LogP contribution in [-0.4, -0.2) is 19.9 Å². The third kappa shape index (κ3) is 2.77. The molecule has 0 N–H and O–H groups in total. The van der Waals surface area contributed by atoms with E-state index >= 15 is 0 Å². The topological polar surface area (TPSA) is 51.6 Å². The molecular formula is C20H16N4Zn. The van der Waals surface area contributed by atoms with Gasteiger partial charge in [-0.2, -0.15) is 0 Å². The Morgan fingerprint density at radius 3 is 0.760 bits per heavy atom. The van der Waals surface area contributed by atoms with Crippen LogP contribution < -0.4 is 16.6 Å². The van der Waals surface area contributed by atoms with E-state index in [4.69, 9.17) is 0 Å². The van der Waals surface area contributed by atoms with Crippen molar-refractivity contribution >= 4 is 16.6 Å². The number of pyridine rings is 4. The quantitative estimate of drug-likeness (QED) is 0.498. The predicted octanol–water partition coefficient (Wildman–Crippen LogP) is 1.02. The first-order valence-corrected chi connectivity index (χ1v) is 14.4. The van der Waals surface area contributed by atoms with Gasteiger partial charge in [-0.25, -0.2) is 0 Å². The van der Waals surface area contributed by atoms with Crippen molar-refractivity contribution in [2.24, 2.45) is 0 Å². The van der Waals surface area contributed by atoms with Gasteiger partial charge in [0.1, 0.15) is 0 Å². The molecule has 0 aliphatic rings. The van der Waals surface area contributed by atoms with Crippen LogP contribution in [0.15, 0.2) is 98.1 Å². The number of hydrogen-bond acceptors (Lipinski definition) is 4. The second-order valence-corrected chi connectivity index (χ2v) is 17.8. The first-order valence-electron chi connectivity index (χ1n) is 8.46. The Morgan fingerprint density at radius 2 is 0.560 bits per heavy atom. The van der Waals surface area contributed by atoms with E-state index in [2.05, 4.69) is 68.5 Å². The molecule has 0 aliphatic carbocycles. The second kappa shape index (κ2) is 7.00. The van der Waals surface area contributed by atoms with Gasteiger partial charge in [0.2, 0.25) is 0 Å². The molecule has 4 rings (SSSR count). The summed E-state index contributed by atoms with van der Waals surface area (Å²) in [5, 5.41) is 0. The zero-order valence-corrected chi connectivity index (χ0v) is 16.7. The summed E-state index contributed by atoms with van der Waals surface area (Å²) in [7, 11) is 0. The average molecular weight is 378 g/mol. The molecular weight excluding hydrogens is 362 g/mol. The van der Waals surface area contributed by atoms with Gasteiger partial charge in [0.15, 0.2) is 0 Å². The summed E-state index contributed by atoms with van der Waals surface area (Å²) in [5.41, 5.74) is 0. The van der Waals surface area contributed by atoms with Crippen molar-refractivity contribution in [3.63, 3.8) is 0 Å². The first kappa shape index (κ1) is 15.7. The zero-order valence-electron chi connectivity index (χ0n) is 13.7. The Kier molecular flexibility index (Phi) is 4.40. The van der Waals surface area contributed by atoms with Crippen LogP contribution in [0.5, 0.6) is 0 Å². The van der Waals surface area contributed by atoms with E-state index in [0.29, 0.717) is 0 Å². The van der Waals surface area contributed by atoms with Crippen molar-refractivity contribution < 1.29 is 14.8 Å². The van der Waals surface area contributed by atoms with Gasteiger partial charge in [-0.15, -0.1) is 0 Å². The molecule has 5 heteroatoms. The zero-order chi connectivity index (χ0) is 17.0. The normalized spacial score (nSPS) is 10.6. The fraction of sp³-hybridized carbons (Fsp3) is 0. The van der Waals surface area contributed by atoms with Gasteiger partial charge >= 0.3 is 149 Å². The van der Waals surface area contributed by atoms with Crippen LogP contribution in [0.2, 0.25) is 0 Å². The van der Waals surface area contributed by atoms with Crippen molar-refractivity contribution in [3.05, 3.63) is 98.1 Å².